The van der Waals surface area contributed by atoms with Crippen LogP contribution in [0.3, 0.4) is 0 Å². The first-order chi connectivity index (χ1) is 6.77. The average molecular weight is 192 g/mol. The van der Waals surface area contributed by atoms with Crippen LogP contribution in [0.2, 0.25) is 0 Å². The van der Waals surface area contributed by atoms with Crippen molar-refractivity contribution in [2.24, 2.45) is 0 Å². The summed E-state index contributed by atoms with van der Waals surface area (Å²) in [6, 6.07) is 0. The second-order valence-electron chi connectivity index (χ2n) is 3.04. The summed E-state index contributed by atoms with van der Waals surface area (Å²) in [4.78, 5) is 18.1. The number of hydrogen-bond acceptors (Lipinski definition) is 3. The van der Waals surface area contributed by atoms with Crippen LogP contribution in [0, 0.1) is 0 Å². The van der Waals surface area contributed by atoms with Crippen LogP contribution in [-0.2, 0) is 13.0 Å². The molecule has 0 amide bonds. The lowest BCUT2D eigenvalue weighted by Gasteiger charge is -1.99. The number of rotatable bonds is 2. The topological polar surface area (TPSA) is 63.6 Å². The highest BCUT2D eigenvalue weighted by Gasteiger charge is 2.11. The van der Waals surface area contributed by atoms with Crippen molar-refractivity contribution in [1.82, 2.24) is 19.7 Å². The molecule has 2 rings (SSSR count). The Morgan fingerprint density at radius 1 is 1.43 bits per heavy atom. The number of nitrogens with zero attached hydrogens (tertiary/aromatic N) is 3. The summed E-state index contributed by atoms with van der Waals surface area (Å²) in [5.74, 6) is 0. The number of aryl methyl sites for hydroxylation is 2. The van der Waals surface area contributed by atoms with E-state index in [1.165, 1.54) is 6.33 Å². The molecule has 0 saturated heterocycles. The van der Waals surface area contributed by atoms with Crippen molar-refractivity contribution in [2.45, 2.75) is 26.8 Å². The van der Waals surface area contributed by atoms with Crippen LogP contribution in [-0.4, -0.2) is 19.7 Å². The molecule has 0 aromatic carbocycles. The normalized spacial score (nSPS) is 11.0. The summed E-state index contributed by atoms with van der Waals surface area (Å²) in [5.41, 5.74) is 2.01. The monoisotopic (exact) mass is 192 g/mol. The first-order valence-electron chi connectivity index (χ1n) is 4.71. The maximum absolute atomic E-state index is 11.4. The third-order valence-corrected chi connectivity index (χ3v) is 2.27. The van der Waals surface area contributed by atoms with Gasteiger partial charge in [-0.2, -0.15) is 5.10 Å². The van der Waals surface area contributed by atoms with Gasteiger partial charge in [-0.3, -0.25) is 9.48 Å². The minimum atomic E-state index is -0.170. The fraction of sp³-hybridized carbons (Fsp3) is 0.444. The van der Waals surface area contributed by atoms with Gasteiger partial charge in [0.05, 0.1) is 12.0 Å². The molecule has 0 unspecified atom stereocenters. The van der Waals surface area contributed by atoms with E-state index in [2.05, 4.69) is 15.1 Å². The number of nitrogens with one attached hydrogen (secondary N) is 1. The third-order valence-electron chi connectivity index (χ3n) is 2.27. The van der Waals surface area contributed by atoms with Gasteiger partial charge in [0.2, 0.25) is 0 Å². The summed E-state index contributed by atoms with van der Waals surface area (Å²) >= 11 is 0. The predicted molar refractivity (Wildman–Crippen MR) is 53.2 cm³/mol. The maximum Gasteiger partial charge on any atom is 0.279 e. The molecule has 0 spiro atoms. The molecule has 0 saturated carbocycles. The van der Waals surface area contributed by atoms with Crippen molar-refractivity contribution in [1.29, 1.82) is 0 Å². The zero-order valence-corrected chi connectivity index (χ0v) is 8.24. The van der Waals surface area contributed by atoms with Crippen molar-refractivity contribution >= 4 is 11.0 Å². The minimum Gasteiger partial charge on any atom is -0.311 e. The summed E-state index contributed by atoms with van der Waals surface area (Å²) < 4.78 is 1.83. The Morgan fingerprint density at radius 2 is 2.21 bits per heavy atom. The number of aromatic nitrogens is 4. The van der Waals surface area contributed by atoms with Gasteiger partial charge in [-0.1, -0.05) is 6.92 Å². The maximum atomic E-state index is 11.4. The smallest absolute Gasteiger partial charge is 0.279 e. The van der Waals surface area contributed by atoms with E-state index in [9.17, 15) is 4.79 Å². The van der Waals surface area contributed by atoms with Crippen LogP contribution < -0.4 is 5.56 Å². The van der Waals surface area contributed by atoms with E-state index in [1.807, 2.05) is 18.5 Å². The molecule has 0 radical (unpaired) electrons. The van der Waals surface area contributed by atoms with Crippen LogP contribution in [0.25, 0.3) is 11.0 Å². The molecular formula is C9H12N4O. The second-order valence-corrected chi connectivity index (χ2v) is 3.04. The van der Waals surface area contributed by atoms with Crippen molar-refractivity contribution < 1.29 is 0 Å². The lowest BCUT2D eigenvalue weighted by molar-refractivity contribution is 0.632. The minimum absolute atomic E-state index is 0.170. The van der Waals surface area contributed by atoms with Gasteiger partial charge in [-0.15, -0.1) is 0 Å². The molecule has 1 N–H and O–H groups in total. The van der Waals surface area contributed by atoms with E-state index in [-0.39, 0.29) is 5.56 Å². The van der Waals surface area contributed by atoms with Crippen LogP contribution in [0.4, 0.5) is 0 Å². The molecule has 74 valence electrons. The van der Waals surface area contributed by atoms with E-state index >= 15 is 0 Å². The number of aromatic amines is 1. The Morgan fingerprint density at radius 3 is 2.86 bits per heavy atom. The molecular weight excluding hydrogens is 180 g/mol. The highest BCUT2D eigenvalue weighted by atomic mass is 16.1. The van der Waals surface area contributed by atoms with Gasteiger partial charge in [0, 0.05) is 6.54 Å². The van der Waals surface area contributed by atoms with E-state index < -0.39 is 0 Å². The van der Waals surface area contributed by atoms with E-state index in [4.69, 9.17) is 0 Å². The first kappa shape index (κ1) is 8.93. The average Bonchev–Trinajstić information content (AvgIpc) is 2.57. The molecule has 0 bridgehead atoms. The van der Waals surface area contributed by atoms with Gasteiger partial charge >= 0.3 is 0 Å². The fourth-order valence-electron chi connectivity index (χ4n) is 1.61. The van der Waals surface area contributed by atoms with Gasteiger partial charge < -0.3 is 4.98 Å². The number of hydrogen-bond donors (Lipinski definition) is 1. The van der Waals surface area contributed by atoms with Crippen LogP contribution in [0.5, 0.6) is 0 Å². The van der Waals surface area contributed by atoms with Crippen molar-refractivity contribution in [3.8, 4) is 0 Å². The van der Waals surface area contributed by atoms with E-state index in [1.54, 1.807) is 0 Å². The van der Waals surface area contributed by atoms with Crippen LogP contribution >= 0.6 is 0 Å². The molecule has 0 fully saturated rings. The van der Waals surface area contributed by atoms with E-state index in [0.717, 1.165) is 24.2 Å². The Bertz CT molecular complexity index is 511. The third kappa shape index (κ3) is 1.13. The number of H-pyrrole nitrogens is 1. The SMILES string of the molecule is CCc1c2nc[nH]c(=O)c2nn1CC. The Balaban J connectivity index is 2.86. The molecule has 0 aliphatic rings. The highest BCUT2D eigenvalue weighted by molar-refractivity contribution is 5.75. The fourth-order valence-corrected chi connectivity index (χ4v) is 1.61. The quantitative estimate of drug-likeness (QED) is 0.761. The second kappa shape index (κ2) is 3.25. The van der Waals surface area contributed by atoms with Gasteiger partial charge in [-0.25, -0.2) is 4.98 Å². The summed E-state index contributed by atoms with van der Waals surface area (Å²) in [6.45, 7) is 4.80. The Kier molecular flexibility index (Phi) is 2.07. The molecule has 5 nitrogen and oxygen atoms in total. The largest absolute Gasteiger partial charge is 0.311 e. The summed E-state index contributed by atoms with van der Waals surface area (Å²) in [5, 5.41) is 4.21. The van der Waals surface area contributed by atoms with Crippen LogP contribution in [0.1, 0.15) is 19.5 Å². The van der Waals surface area contributed by atoms with Crippen LogP contribution in [0.15, 0.2) is 11.1 Å². The lowest BCUT2D eigenvalue weighted by Crippen LogP contribution is -2.06. The molecule has 14 heavy (non-hydrogen) atoms. The van der Waals surface area contributed by atoms with Crippen molar-refractivity contribution in [3.05, 3.63) is 22.4 Å². The highest BCUT2D eigenvalue weighted by Crippen LogP contribution is 2.12. The molecule has 0 aliphatic heterocycles. The van der Waals surface area contributed by atoms with Gasteiger partial charge in [0.15, 0.2) is 5.52 Å². The lowest BCUT2D eigenvalue weighted by atomic mass is 10.3. The summed E-state index contributed by atoms with van der Waals surface area (Å²) in [7, 11) is 0. The van der Waals surface area contributed by atoms with Gasteiger partial charge in [-0.05, 0) is 13.3 Å². The standard InChI is InChI=1S/C9H12N4O/c1-3-6-7-8(12-13(6)4-2)9(14)11-5-10-7/h5H,3-4H2,1-2H3,(H,10,11,14). The van der Waals surface area contributed by atoms with Crippen molar-refractivity contribution in [3.63, 3.8) is 0 Å². The first-order valence-corrected chi connectivity index (χ1v) is 4.71. The molecule has 0 atom stereocenters. The molecule has 2 aromatic heterocycles. The molecule has 2 aromatic rings. The molecule has 0 aliphatic carbocycles. The van der Waals surface area contributed by atoms with Gasteiger partial charge in [0.25, 0.3) is 5.56 Å². The predicted octanol–water partition coefficient (Wildman–Crippen LogP) is 0.702. The zero-order valence-electron chi connectivity index (χ0n) is 8.24. The summed E-state index contributed by atoms with van der Waals surface area (Å²) in [6.07, 6.45) is 2.26. The van der Waals surface area contributed by atoms with Crippen molar-refractivity contribution in [2.75, 3.05) is 0 Å². The molecule has 2 heterocycles. The Labute approximate surface area is 80.8 Å². The zero-order chi connectivity index (χ0) is 10.1. The van der Waals surface area contributed by atoms with E-state index in [0.29, 0.717) is 5.52 Å². The number of fused-ring (bicyclic) bond motifs is 1. The molecule has 5 heteroatoms. The van der Waals surface area contributed by atoms with Gasteiger partial charge in [0.1, 0.15) is 5.52 Å². The Hall–Kier alpha value is -1.65.